The third kappa shape index (κ3) is 1.45. The zero-order valence-corrected chi connectivity index (χ0v) is 6.33. The zero-order chi connectivity index (χ0) is 9.14. The Morgan fingerprint density at radius 1 is 1.67 bits per heavy atom. The van der Waals surface area contributed by atoms with Crippen LogP contribution in [0.15, 0.2) is 17.1 Å². The molecule has 0 saturated carbocycles. The lowest BCUT2D eigenvalue weighted by Crippen LogP contribution is -2.14. The Kier molecular flexibility index (Phi) is 2.14. The van der Waals surface area contributed by atoms with Gasteiger partial charge in [-0.1, -0.05) is 0 Å². The molecule has 12 heavy (non-hydrogen) atoms. The van der Waals surface area contributed by atoms with Crippen LogP contribution < -0.4 is 10.2 Å². The van der Waals surface area contributed by atoms with Gasteiger partial charge < -0.3 is 14.8 Å². The number of carboxylic acids is 1. The summed E-state index contributed by atoms with van der Waals surface area (Å²) >= 11 is 0. The van der Waals surface area contributed by atoms with Crippen molar-refractivity contribution in [1.29, 1.82) is 0 Å². The largest absolute Gasteiger partial charge is 0.482 e. The van der Waals surface area contributed by atoms with E-state index in [9.17, 15) is 9.59 Å². The highest BCUT2D eigenvalue weighted by molar-refractivity contribution is 5.87. The minimum absolute atomic E-state index is 0.241. The van der Waals surface area contributed by atoms with Crippen molar-refractivity contribution in [2.24, 2.45) is 0 Å². The number of ether oxygens (including phenoxy) is 1. The topological polar surface area (TPSA) is 79.4 Å². The average Bonchev–Trinajstić information content (AvgIpc) is 2.03. The van der Waals surface area contributed by atoms with Crippen LogP contribution in [0.1, 0.15) is 10.4 Å². The van der Waals surface area contributed by atoms with Crippen LogP contribution >= 0.6 is 0 Å². The highest BCUT2D eigenvalue weighted by Crippen LogP contribution is 2.00. The summed E-state index contributed by atoms with van der Waals surface area (Å²) in [5.74, 6) is -1.01. The number of carboxylic acid groups (broad SMARTS) is 1. The number of methoxy groups -OCH3 is 1. The first-order valence-electron chi connectivity index (χ1n) is 3.15. The van der Waals surface area contributed by atoms with E-state index in [4.69, 9.17) is 5.11 Å². The van der Waals surface area contributed by atoms with Gasteiger partial charge in [-0.25, -0.2) is 4.79 Å². The first-order chi connectivity index (χ1) is 5.65. The van der Waals surface area contributed by atoms with E-state index < -0.39 is 11.4 Å². The Hall–Kier alpha value is -1.78. The summed E-state index contributed by atoms with van der Waals surface area (Å²) in [6, 6.07) is 1.09. The van der Waals surface area contributed by atoms with E-state index in [1.807, 2.05) is 0 Å². The maximum atomic E-state index is 11.0. The van der Waals surface area contributed by atoms with Gasteiger partial charge in [0.15, 0.2) is 11.3 Å². The van der Waals surface area contributed by atoms with Gasteiger partial charge in [0.05, 0.1) is 7.11 Å². The molecule has 1 aromatic heterocycles. The third-order valence-electron chi connectivity index (χ3n) is 1.34. The third-order valence-corrected chi connectivity index (χ3v) is 1.34. The summed E-state index contributed by atoms with van der Waals surface area (Å²) in [6.45, 7) is 0. The number of hydrogen-bond acceptors (Lipinski definition) is 3. The van der Waals surface area contributed by atoms with Gasteiger partial charge in [-0.05, 0) is 0 Å². The molecular weight excluding hydrogens is 162 g/mol. The minimum atomic E-state index is -1.25. The van der Waals surface area contributed by atoms with E-state index in [2.05, 4.69) is 9.72 Å². The Bertz CT molecular complexity index is 355. The molecule has 0 fully saturated rings. The Labute approximate surface area is 67.6 Å². The van der Waals surface area contributed by atoms with Crippen LogP contribution in [0.3, 0.4) is 0 Å². The smallest absolute Gasteiger partial charge is 0.341 e. The van der Waals surface area contributed by atoms with E-state index in [1.54, 1.807) is 0 Å². The lowest BCUT2D eigenvalue weighted by Gasteiger charge is -1.98. The molecule has 1 rings (SSSR count). The molecule has 0 aliphatic heterocycles. The fourth-order valence-corrected chi connectivity index (χ4v) is 0.738. The average molecular weight is 169 g/mol. The molecule has 1 heterocycles. The second-order valence-corrected chi connectivity index (χ2v) is 2.08. The number of carbonyl (C=O) groups is 1. The summed E-state index contributed by atoms with van der Waals surface area (Å²) in [7, 11) is 1.38. The molecule has 5 heteroatoms. The molecule has 5 nitrogen and oxygen atoms in total. The van der Waals surface area contributed by atoms with Gasteiger partial charge >= 0.3 is 5.97 Å². The summed E-state index contributed by atoms with van der Waals surface area (Å²) < 4.78 is 4.68. The highest BCUT2D eigenvalue weighted by Gasteiger charge is 2.07. The summed E-state index contributed by atoms with van der Waals surface area (Å²) in [6.07, 6.45) is 1.10. The summed E-state index contributed by atoms with van der Waals surface area (Å²) in [4.78, 5) is 23.8. The van der Waals surface area contributed by atoms with Crippen LogP contribution in [0.2, 0.25) is 0 Å². The van der Waals surface area contributed by atoms with Gasteiger partial charge in [0, 0.05) is 12.3 Å². The van der Waals surface area contributed by atoms with Crippen LogP contribution in [0, 0.1) is 0 Å². The van der Waals surface area contributed by atoms with Crippen molar-refractivity contribution in [3.05, 3.63) is 28.0 Å². The van der Waals surface area contributed by atoms with Crippen LogP contribution in [-0.2, 0) is 0 Å². The molecule has 0 amide bonds. The monoisotopic (exact) mass is 169 g/mol. The normalized spacial score (nSPS) is 9.42. The van der Waals surface area contributed by atoms with Crippen molar-refractivity contribution in [2.75, 3.05) is 7.11 Å². The van der Waals surface area contributed by atoms with Gasteiger partial charge in [0.2, 0.25) is 0 Å². The number of H-pyrrole nitrogens is 1. The van der Waals surface area contributed by atoms with Gasteiger partial charge in [0.1, 0.15) is 5.56 Å². The quantitative estimate of drug-likeness (QED) is 0.657. The number of aromatic nitrogens is 1. The Morgan fingerprint density at radius 2 is 2.33 bits per heavy atom. The number of nitrogens with one attached hydrogen (secondary N) is 1. The van der Waals surface area contributed by atoms with Gasteiger partial charge in [-0.15, -0.1) is 0 Å². The predicted octanol–water partition coefficient (Wildman–Crippen LogP) is 0.0817. The van der Waals surface area contributed by atoms with Crippen LogP contribution in [0.5, 0.6) is 5.88 Å². The SMILES string of the molecule is COc1cc(=O)c(C(=O)O)c[nH]1. The molecule has 0 bridgehead atoms. The molecule has 0 spiro atoms. The molecule has 0 aliphatic rings. The molecule has 0 unspecified atom stereocenters. The first-order valence-corrected chi connectivity index (χ1v) is 3.15. The molecule has 1 aromatic rings. The second-order valence-electron chi connectivity index (χ2n) is 2.08. The van der Waals surface area contributed by atoms with E-state index in [-0.39, 0.29) is 11.4 Å². The summed E-state index contributed by atoms with van der Waals surface area (Å²) in [5.41, 5.74) is -0.867. The van der Waals surface area contributed by atoms with Crippen LogP contribution in [-0.4, -0.2) is 23.2 Å². The van der Waals surface area contributed by atoms with Crippen molar-refractivity contribution < 1.29 is 14.6 Å². The molecule has 0 saturated heterocycles. The summed E-state index contributed by atoms with van der Waals surface area (Å²) in [5, 5.41) is 8.47. The molecule has 0 aromatic carbocycles. The Balaban J connectivity index is 3.21. The zero-order valence-electron chi connectivity index (χ0n) is 6.33. The number of pyridine rings is 1. The van der Waals surface area contributed by atoms with Crippen molar-refractivity contribution in [3.8, 4) is 5.88 Å². The molecule has 0 aliphatic carbocycles. The van der Waals surface area contributed by atoms with Crippen LogP contribution in [0.25, 0.3) is 0 Å². The van der Waals surface area contributed by atoms with Gasteiger partial charge in [-0.2, -0.15) is 0 Å². The number of hydrogen-bond donors (Lipinski definition) is 2. The van der Waals surface area contributed by atoms with E-state index in [0.29, 0.717) is 0 Å². The van der Waals surface area contributed by atoms with Crippen molar-refractivity contribution in [2.45, 2.75) is 0 Å². The Morgan fingerprint density at radius 3 is 2.75 bits per heavy atom. The molecular formula is C7H7NO4. The second kappa shape index (κ2) is 3.08. The number of aromatic amines is 1. The fourth-order valence-electron chi connectivity index (χ4n) is 0.738. The van der Waals surface area contributed by atoms with E-state index >= 15 is 0 Å². The molecule has 0 radical (unpaired) electrons. The van der Waals surface area contributed by atoms with Crippen molar-refractivity contribution >= 4 is 5.97 Å². The van der Waals surface area contributed by atoms with Gasteiger partial charge in [-0.3, -0.25) is 4.79 Å². The lowest BCUT2D eigenvalue weighted by atomic mass is 10.3. The van der Waals surface area contributed by atoms with Crippen molar-refractivity contribution in [1.82, 2.24) is 4.98 Å². The van der Waals surface area contributed by atoms with Crippen molar-refractivity contribution in [3.63, 3.8) is 0 Å². The molecule has 2 N–H and O–H groups in total. The maximum Gasteiger partial charge on any atom is 0.341 e. The van der Waals surface area contributed by atoms with E-state index in [0.717, 1.165) is 12.3 Å². The fraction of sp³-hybridized carbons (Fsp3) is 0.143. The number of rotatable bonds is 2. The first kappa shape index (κ1) is 8.32. The highest BCUT2D eigenvalue weighted by atomic mass is 16.5. The minimum Gasteiger partial charge on any atom is -0.482 e. The molecule has 64 valence electrons. The van der Waals surface area contributed by atoms with E-state index in [1.165, 1.54) is 7.11 Å². The van der Waals surface area contributed by atoms with Crippen LogP contribution in [0.4, 0.5) is 0 Å². The van der Waals surface area contributed by atoms with Gasteiger partial charge in [0.25, 0.3) is 0 Å². The molecule has 0 atom stereocenters. The standard InChI is InChI=1S/C7H7NO4/c1-12-6-2-5(9)4(3-8-6)7(10)11/h2-3H,1H3,(H,8,9)(H,10,11). The number of aromatic carboxylic acids is 1. The maximum absolute atomic E-state index is 11.0. The predicted molar refractivity (Wildman–Crippen MR) is 40.6 cm³/mol. The lowest BCUT2D eigenvalue weighted by molar-refractivity contribution is 0.0695.